The molecule has 226 valence electrons. The maximum Gasteiger partial charge on any atom is 0.427 e. The van der Waals surface area contributed by atoms with Crippen molar-refractivity contribution >= 4 is 33.4 Å². The molecule has 1 aliphatic heterocycles. The summed E-state index contributed by atoms with van der Waals surface area (Å²) in [5, 5.41) is 19.0. The molecule has 2 aromatic rings. The first-order valence-corrected chi connectivity index (χ1v) is 14.2. The van der Waals surface area contributed by atoms with Gasteiger partial charge in [-0.25, -0.2) is 13.2 Å². The summed E-state index contributed by atoms with van der Waals surface area (Å²) in [6.07, 6.45) is -3.90. The van der Waals surface area contributed by atoms with E-state index in [1.165, 1.54) is 38.2 Å². The Morgan fingerprint density at radius 2 is 1.85 bits per heavy atom. The third-order valence-electron chi connectivity index (χ3n) is 6.57. The highest BCUT2D eigenvalue weighted by Gasteiger charge is 2.51. The number of sulfonamides is 1. The predicted molar refractivity (Wildman–Crippen MR) is 140 cm³/mol. The lowest BCUT2D eigenvalue weighted by Gasteiger charge is -2.36. The lowest BCUT2D eigenvalue weighted by atomic mass is 10.1. The molecule has 16 heteroatoms. The molecule has 0 saturated heterocycles. The number of fused-ring (bicyclic) bond motifs is 1. The average Bonchev–Trinajstić information content (AvgIpc) is 3.61. The van der Waals surface area contributed by atoms with Gasteiger partial charge in [0.05, 0.1) is 30.5 Å². The number of hydrogen-bond donors (Lipinski definition) is 3. The van der Waals surface area contributed by atoms with Crippen LogP contribution in [0.25, 0.3) is 0 Å². The Morgan fingerprint density at radius 1 is 1.20 bits per heavy atom. The van der Waals surface area contributed by atoms with E-state index in [0.717, 1.165) is 17.1 Å². The Morgan fingerprint density at radius 3 is 2.44 bits per heavy atom. The largest absolute Gasteiger partial charge is 0.484 e. The summed E-state index contributed by atoms with van der Waals surface area (Å²) < 4.78 is 80.5. The smallest absolute Gasteiger partial charge is 0.427 e. The van der Waals surface area contributed by atoms with Gasteiger partial charge in [-0.1, -0.05) is 0 Å². The van der Waals surface area contributed by atoms with E-state index in [0.29, 0.717) is 13.8 Å². The number of alkyl halides is 3. The summed E-state index contributed by atoms with van der Waals surface area (Å²) in [5.74, 6) is -0.619. The number of carbonyl (C=O) groups is 2. The fraction of sp³-hybridized carbons (Fsp3) is 0.560. The van der Waals surface area contributed by atoms with Crippen LogP contribution >= 0.6 is 0 Å². The van der Waals surface area contributed by atoms with Crippen molar-refractivity contribution in [3.8, 4) is 5.75 Å². The molecule has 4 rings (SSSR count). The van der Waals surface area contributed by atoms with Crippen LogP contribution in [0.5, 0.6) is 5.75 Å². The maximum atomic E-state index is 14.0. The van der Waals surface area contributed by atoms with Gasteiger partial charge in [0.1, 0.15) is 22.4 Å². The highest BCUT2D eigenvalue weighted by Crippen LogP contribution is 2.41. The van der Waals surface area contributed by atoms with Crippen LogP contribution in [-0.4, -0.2) is 71.9 Å². The van der Waals surface area contributed by atoms with Crippen LogP contribution < -0.4 is 19.7 Å². The van der Waals surface area contributed by atoms with Gasteiger partial charge in [0, 0.05) is 11.9 Å². The molecule has 2 heterocycles. The van der Waals surface area contributed by atoms with Crippen molar-refractivity contribution in [3.63, 3.8) is 0 Å². The Balaban J connectivity index is 1.65. The molecule has 2 amide bonds. The second kappa shape index (κ2) is 10.4. The van der Waals surface area contributed by atoms with E-state index < -0.39 is 45.5 Å². The number of amides is 2. The summed E-state index contributed by atoms with van der Waals surface area (Å²) >= 11 is 0. The van der Waals surface area contributed by atoms with E-state index >= 15 is 0 Å². The standard InChI is InChI=1S/C25H32F3N5O7S/c1-14-20(13-32(31-14)16-7-8-16)41(37,38)33-12-17(11-29-21(34)23(2,3)36)39-19-9-6-15(10-18(19)33)30-22(35)40-24(4,5)25(26,27)28/h6,9-10,13,16-17,36H,7-8,11-12H2,1-5H3,(H,29,34)(H,30,35)/t17-/m0/s1. The first-order valence-electron chi connectivity index (χ1n) is 12.8. The zero-order chi connectivity index (χ0) is 30.5. The van der Waals surface area contributed by atoms with Gasteiger partial charge in [-0.3, -0.25) is 19.1 Å². The van der Waals surface area contributed by atoms with Crippen molar-refractivity contribution in [2.24, 2.45) is 0 Å². The van der Waals surface area contributed by atoms with Gasteiger partial charge in [-0.15, -0.1) is 0 Å². The molecule has 12 nitrogen and oxygen atoms in total. The lowest BCUT2D eigenvalue weighted by Crippen LogP contribution is -2.51. The van der Waals surface area contributed by atoms with Gasteiger partial charge in [0.25, 0.3) is 15.9 Å². The third-order valence-corrected chi connectivity index (χ3v) is 8.46. The van der Waals surface area contributed by atoms with Crippen LogP contribution in [0.3, 0.4) is 0 Å². The van der Waals surface area contributed by atoms with Gasteiger partial charge in [-0.2, -0.15) is 18.3 Å². The Bertz CT molecular complexity index is 1450. The molecule has 1 atom stereocenters. The molecule has 3 N–H and O–H groups in total. The molecule has 41 heavy (non-hydrogen) atoms. The number of aryl methyl sites for hydroxylation is 1. The fourth-order valence-electron chi connectivity index (χ4n) is 3.94. The van der Waals surface area contributed by atoms with E-state index in [-0.39, 0.29) is 46.8 Å². The zero-order valence-electron chi connectivity index (χ0n) is 23.1. The molecule has 0 unspecified atom stereocenters. The number of aromatic nitrogens is 2. The topological polar surface area (TPSA) is 152 Å². The van der Waals surface area contributed by atoms with Crippen LogP contribution in [0.15, 0.2) is 29.3 Å². The Kier molecular flexibility index (Phi) is 7.71. The van der Waals surface area contributed by atoms with Gasteiger partial charge in [-0.05, 0) is 65.7 Å². The van der Waals surface area contributed by atoms with Crippen molar-refractivity contribution in [2.45, 2.75) is 81.9 Å². The van der Waals surface area contributed by atoms with Crippen molar-refractivity contribution in [3.05, 3.63) is 30.1 Å². The molecule has 0 bridgehead atoms. The molecule has 1 aromatic carbocycles. The molecule has 1 aromatic heterocycles. The van der Waals surface area contributed by atoms with Crippen molar-refractivity contribution < 1.29 is 45.8 Å². The maximum absolute atomic E-state index is 14.0. The second-order valence-electron chi connectivity index (χ2n) is 11.0. The molecule has 1 aliphatic carbocycles. The highest BCUT2D eigenvalue weighted by molar-refractivity contribution is 7.92. The number of benzene rings is 1. The average molecular weight is 604 g/mol. The highest BCUT2D eigenvalue weighted by atomic mass is 32.2. The van der Waals surface area contributed by atoms with E-state index in [4.69, 9.17) is 4.74 Å². The Labute approximate surface area is 234 Å². The lowest BCUT2D eigenvalue weighted by molar-refractivity contribution is -0.242. The fourth-order valence-corrected chi connectivity index (χ4v) is 5.60. The molecule has 2 aliphatic rings. The van der Waals surface area contributed by atoms with Crippen molar-refractivity contribution in [2.75, 3.05) is 22.7 Å². The van der Waals surface area contributed by atoms with Gasteiger partial charge in [0.15, 0.2) is 0 Å². The minimum atomic E-state index is -4.82. The summed E-state index contributed by atoms with van der Waals surface area (Å²) in [6.45, 7) is 5.13. The van der Waals surface area contributed by atoms with Gasteiger partial charge < -0.3 is 19.9 Å². The van der Waals surface area contributed by atoms with Gasteiger partial charge >= 0.3 is 12.3 Å². The van der Waals surface area contributed by atoms with Crippen molar-refractivity contribution in [1.82, 2.24) is 15.1 Å². The zero-order valence-corrected chi connectivity index (χ0v) is 23.9. The molecular weight excluding hydrogens is 571 g/mol. The van der Waals surface area contributed by atoms with Crippen molar-refractivity contribution in [1.29, 1.82) is 0 Å². The number of ether oxygens (including phenoxy) is 2. The van der Waals surface area contributed by atoms with Crippen LogP contribution in [-0.2, 0) is 19.6 Å². The van der Waals surface area contributed by atoms with E-state index in [1.807, 2.05) is 0 Å². The molecule has 1 fully saturated rings. The predicted octanol–water partition coefficient (Wildman–Crippen LogP) is 3.26. The van der Waals surface area contributed by atoms with E-state index in [1.54, 1.807) is 11.6 Å². The molecule has 0 spiro atoms. The minimum Gasteiger partial charge on any atom is -0.484 e. The first kappa shape index (κ1) is 30.4. The first-order chi connectivity index (χ1) is 18.8. The number of carbonyl (C=O) groups excluding carboxylic acids is 2. The van der Waals surface area contributed by atoms with Crippen LogP contribution in [0.1, 0.15) is 52.3 Å². The quantitative estimate of drug-likeness (QED) is 0.416. The number of hydrogen-bond acceptors (Lipinski definition) is 8. The molecule has 0 radical (unpaired) electrons. The Hall–Kier alpha value is -3.53. The van der Waals surface area contributed by atoms with Crippen LogP contribution in [0, 0.1) is 6.92 Å². The number of rotatable bonds is 8. The monoisotopic (exact) mass is 603 g/mol. The van der Waals surface area contributed by atoms with Crippen LogP contribution in [0.4, 0.5) is 29.3 Å². The normalized spacial score (nSPS) is 17.9. The summed E-state index contributed by atoms with van der Waals surface area (Å²) in [6, 6.07) is 4.00. The summed E-state index contributed by atoms with van der Waals surface area (Å²) in [5.41, 5.74) is -4.23. The van der Waals surface area contributed by atoms with Gasteiger partial charge in [0.2, 0.25) is 5.60 Å². The second-order valence-corrected chi connectivity index (χ2v) is 12.9. The number of nitrogens with one attached hydrogen (secondary N) is 2. The molecule has 1 saturated carbocycles. The number of aliphatic hydroxyl groups is 1. The van der Waals surface area contributed by atoms with Crippen LogP contribution in [0.2, 0.25) is 0 Å². The molecular formula is C25H32F3N5O7S. The number of halogens is 3. The number of nitrogens with zero attached hydrogens (tertiary/aromatic N) is 3. The summed E-state index contributed by atoms with van der Waals surface area (Å²) in [4.78, 5) is 24.4. The summed E-state index contributed by atoms with van der Waals surface area (Å²) in [7, 11) is -4.27. The number of anilines is 2. The SMILES string of the molecule is Cc1nn(C2CC2)cc1S(=O)(=O)N1C[C@H](CNC(=O)C(C)(C)O)Oc2ccc(NC(=O)OC(C)(C)C(F)(F)F)cc21. The van der Waals surface area contributed by atoms with E-state index in [9.17, 15) is 36.3 Å². The third kappa shape index (κ3) is 6.53. The van der Waals surface area contributed by atoms with E-state index in [2.05, 4.69) is 20.5 Å². The minimum absolute atomic E-state index is 0.00141.